The number of rotatable bonds is 6. The summed E-state index contributed by atoms with van der Waals surface area (Å²) in [6.45, 7) is 0. The van der Waals surface area contributed by atoms with E-state index in [2.05, 4.69) is 29.2 Å². The Morgan fingerprint density at radius 1 is 1.00 bits per heavy atom. The zero-order valence-corrected chi connectivity index (χ0v) is 17.1. The van der Waals surface area contributed by atoms with Crippen molar-refractivity contribution < 1.29 is 14.2 Å². The Morgan fingerprint density at radius 2 is 1.76 bits per heavy atom. The van der Waals surface area contributed by atoms with E-state index < -0.39 is 0 Å². The lowest BCUT2D eigenvalue weighted by Crippen LogP contribution is -2.23. The SMILES string of the molecule is COC1CCC[C@@H](c2ccc(Cl)c(Cc3ccc(Oc4ccncc4)cc3)c2)O1. The summed E-state index contributed by atoms with van der Waals surface area (Å²) in [5, 5.41) is 0.768. The molecule has 0 bridgehead atoms. The van der Waals surface area contributed by atoms with Crippen molar-refractivity contribution in [2.24, 2.45) is 0 Å². The van der Waals surface area contributed by atoms with Gasteiger partial charge in [-0.3, -0.25) is 4.98 Å². The normalized spacial score (nSPS) is 19.1. The van der Waals surface area contributed by atoms with Gasteiger partial charge in [-0.25, -0.2) is 0 Å². The number of hydrogen-bond acceptors (Lipinski definition) is 4. The maximum Gasteiger partial charge on any atom is 0.158 e. The van der Waals surface area contributed by atoms with Crippen LogP contribution in [0.15, 0.2) is 67.0 Å². The lowest BCUT2D eigenvalue weighted by atomic mass is 9.96. The first-order valence-corrected chi connectivity index (χ1v) is 10.2. The molecule has 1 aliphatic heterocycles. The van der Waals surface area contributed by atoms with E-state index in [-0.39, 0.29) is 12.4 Å². The van der Waals surface area contributed by atoms with E-state index in [0.29, 0.717) is 0 Å². The van der Waals surface area contributed by atoms with E-state index in [1.54, 1.807) is 19.5 Å². The molecule has 2 heterocycles. The topological polar surface area (TPSA) is 40.6 Å². The Morgan fingerprint density at radius 3 is 2.52 bits per heavy atom. The molecular weight excluding hydrogens is 386 g/mol. The third-order valence-electron chi connectivity index (χ3n) is 5.13. The molecule has 0 radical (unpaired) electrons. The summed E-state index contributed by atoms with van der Waals surface area (Å²) < 4.78 is 17.3. The van der Waals surface area contributed by atoms with E-state index >= 15 is 0 Å². The molecule has 0 N–H and O–H groups in total. The van der Waals surface area contributed by atoms with Crippen LogP contribution in [0.25, 0.3) is 0 Å². The molecule has 1 unspecified atom stereocenters. The number of ether oxygens (including phenoxy) is 3. The summed E-state index contributed by atoms with van der Waals surface area (Å²) in [6, 6.07) is 17.9. The molecule has 4 rings (SSSR count). The summed E-state index contributed by atoms with van der Waals surface area (Å²) >= 11 is 6.48. The van der Waals surface area contributed by atoms with Crippen LogP contribution in [-0.2, 0) is 15.9 Å². The average molecular weight is 410 g/mol. The van der Waals surface area contributed by atoms with Crippen molar-refractivity contribution in [3.05, 3.63) is 88.7 Å². The van der Waals surface area contributed by atoms with Crippen LogP contribution in [0.1, 0.15) is 42.1 Å². The molecule has 4 nitrogen and oxygen atoms in total. The number of methoxy groups -OCH3 is 1. The van der Waals surface area contributed by atoms with Crippen LogP contribution in [0, 0.1) is 0 Å². The number of pyridine rings is 1. The molecule has 1 fully saturated rings. The van der Waals surface area contributed by atoms with E-state index in [9.17, 15) is 0 Å². The van der Waals surface area contributed by atoms with Gasteiger partial charge in [-0.05, 0) is 72.7 Å². The molecule has 0 spiro atoms. The third kappa shape index (κ3) is 5.15. The number of benzene rings is 2. The second kappa shape index (κ2) is 9.40. The molecule has 29 heavy (non-hydrogen) atoms. The quantitative estimate of drug-likeness (QED) is 0.476. The van der Waals surface area contributed by atoms with Crippen LogP contribution in [-0.4, -0.2) is 18.4 Å². The van der Waals surface area contributed by atoms with Gasteiger partial charge in [0.2, 0.25) is 0 Å². The van der Waals surface area contributed by atoms with Gasteiger partial charge in [0.25, 0.3) is 0 Å². The Labute approximate surface area is 176 Å². The van der Waals surface area contributed by atoms with Crippen molar-refractivity contribution in [2.75, 3.05) is 7.11 Å². The first-order valence-electron chi connectivity index (χ1n) is 9.84. The second-order valence-electron chi connectivity index (χ2n) is 7.18. The lowest BCUT2D eigenvalue weighted by Gasteiger charge is -2.29. The van der Waals surface area contributed by atoms with Crippen molar-refractivity contribution in [1.82, 2.24) is 4.98 Å². The van der Waals surface area contributed by atoms with Gasteiger partial charge in [-0.1, -0.05) is 35.9 Å². The van der Waals surface area contributed by atoms with Gasteiger partial charge in [0.05, 0.1) is 6.10 Å². The Kier molecular flexibility index (Phi) is 6.45. The molecule has 5 heteroatoms. The van der Waals surface area contributed by atoms with Crippen LogP contribution >= 0.6 is 11.6 Å². The fraction of sp³-hybridized carbons (Fsp3) is 0.292. The first-order chi connectivity index (χ1) is 14.2. The molecule has 1 saturated heterocycles. The number of nitrogens with zero attached hydrogens (tertiary/aromatic N) is 1. The lowest BCUT2D eigenvalue weighted by molar-refractivity contribution is -0.182. The van der Waals surface area contributed by atoms with Crippen molar-refractivity contribution in [3.63, 3.8) is 0 Å². The molecule has 0 saturated carbocycles. The highest BCUT2D eigenvalue weighted by atomic mass is 35.5. The molecule has 2 atom stereocenters. The van der Waals surface area contributed by atoms with Crippen LogP contribution in [0.2, 0.25) is 5.02 Å². The number of aromatic nitrogens is 1. The highest BCUT2D eigenvalue weighted by Gasteiger charge is 2.23. The summed E-state index contributed by atoms with van der Waals surface area (Å²) in [5.41, 5.74) is 3.42. The summed E-state index contributed by atoms with van der Waals surface area (Å²) in [7, 11) is 1.70. The van der Waals surface area contributed by atoms with Gasteiger partial charge >= 0.3 is 0 Å². The summed E-state index contributed by atoms with van der Waals surface area (Å²) in [4.78, 5) is 4.00. The van der Waals surface area contributed by atoms with Crippen LogP contribution in [0.4, 0.5) is 0 Å². The molecule has 3 aromatic rings. The summed E-state index contributed by atoms with van der Waals surface area (Å²) in [5.74, 6) is 1.56. The molecular formula is C24H24ClNO3. The zero-order valence-electron chi connectivity index (χ0n) is 16.4. The first kappa shape index (κ1) is 19.9. The molecule has 2 aromatic carbocycles. The Bertz CT molecular complexity index is 931. The standard InChI is InChI=1S/C24H24ClNO3/c1-27-24-4-2-3-23(29-24)18-7-10-22(25)19(16-18)15-17-5-8-20(9-6-17)28-21-11-13-26-14-12-21/h5-14,16,23-24H,2-4,15H2,1H3/t23-,24?/m0/s1. The highest BCUT2D eigenvalue weighted by Crippen LogP contribution is 2.34. The second-order valence-corrected chi connectivity index (χ2v) is 7.58. The molecule has 150 valence electrons. The van der Waals surface area contributed by atoms with Crippen molar-refractivity contribution in [3.8, 4) is 11.5 Å². The minimum Gasteiger partial charge on any atom is -0.457 e. The van der Waals surface area contributed by atoms with E-state index in [1.165, 1.54) is 5.56 Å². The maximum absolute atomic E-state index is 6.48. The summed E-state index contributed by atoms with van der Waals surface area (Å²) in [6.07, 6.45) is 7.15. The van der Waals surface area contributed by atoms with Gasteiger partial charge in [0.1, 0.15) is 11.5 Å². The van der Waals surface area contributed by atoms with E-state index in [1.807, 2.05) is 30.3 Å². The van der Waals surface area contributed by atoms with Crippen molar-refractivity contribution in [1.29, 1.82) is 0 Å². The van der Waals surface area contributed by atoms with E-state index in [0.717, 1.165) is 53.3 Å². The molecule has 0 aliphatic carbocycles. The number of hydrogen-bond donors (Lipinski definition) is 0. The molecule has 0 amide bonds. The van der Waals surface area contributed by atoms with Gasteiger partial charge in [-0.2, -0.15) is 0 Å². The van der Waals surface area contributed by atoms with Gasteiger partial charge in [0, 0.05) is 24.5 Å². The smallest absolute Gasteiger partial charge is 0.158 e. The maximum atomic E-state index is 6.48. The fourth-order valence-corrected chi connectivity index (χ4v) is 3.76. The van der Waals surface area contributed by atoms with Gasteiger partial charge in [0.15, 0.2) is 6.29 Å². The Hall–Kier alpha value is -2.40. The van der Waals surface area contributed by atoms with Crippen LogP contribution in [0.5, 0.6) is 11.5 Å². The predicted molar refractivity (Wildman–Crippen MR) is 113 cm³/mol. The number of halogens is 1. The largest absolute Gasteiger partial charge is 0.457 e. The minimum absolute atomic E-state index is 0.0563. The zero-order chi connectivity index (χ0) is 20.1. The molecule has 1 aliphatic rings. The van der Waals surface area contributed by atoms with Gasteiger partial charge in [-0.15, -0.1) is 0 Å². The predicted octanol–water partition coefficient (Wildman–Crippen LogP) is 6.33. The minimum atomic E-state index is -0.124. The fourth-order valence-electron chi connectivity index (χ4n) is 3.58. The monoisotopic (exact) mass is 409 g/mol. The Balaban J connectivity index is 1.46. The van der Waals surface area contributed by atoms with Gasteiger partial charge < -0.3 is 14.2 Å². The van der Waals surface area contributed by atoms with Crippen molar-refractivity contribution >= 4 is 11.6 Å². The molecule has 1 aromatic heterocycles. The van der Waals surface area contributed by atoms with Crippen LogP contribution < -0.4 is 4.74 Å². The third-order valence-corrected chi connectivity index (χ3v) is 5.50. The van der Waals surface area contributed by atoms with Crippen molar-refractivity contribution in [2.45, 2.75) is 38.1 Å². The van der Waals surface area contributed by atoms with E-state index in [4.69, 9.17) is 25.8 Å². The van der Waals surface area contributed by atoms with Crippen LogP contribution in [0.3, 0.4) is 0 Å². The average Bonchev–Trinajstić information content (AvgIpc) is 2.77. The highest BCUT2D eigenvalue weighted by molar-refractivity contribution is 6.31.